The molecule has 0 aliphatic heterocycles. The molecule has 198 valence electrons. The lowest BCUT2D eigenvalue weighted by atomic mass is 10.2. The number of amides is 2. The zero-order valence-electron chi connectivity index (χ0n) is 20.8. The summed E-state index contributed by atoms with van der Waals surface area (Å²) in [6.07, 6.45) is 0. The minimum absolute atomic E-state index is 0.0960. The first-order valence-corrected chi connectivity index (χ1v) is 14.2. The molecule has 2 N–H and O–H groups in total. The Kier molecular flexibility index (Phi) is 9.56. The highest BCUT2D eigenvalue weighted by Crippen LogP contribution is 2.28. The maximum atomic E-state index is 12.8. The Bertz CT molecular complexity index is 1390. The Morgan fingerprint density at radius 1 is 0.974 bits per heavy atom. The quantitative estimate of drug-likeness (QED) is 0.190. The van der Waals surface area contributed by atoms with Crippen molar-refractivity contribution in [3.05, 3.63) is 59.9 Å². The van der Waals surface area contributed by atoms with Crippen LogP contribution in [0, 0.1) is 0 Å². The Balaban J connectivity index is 1.45. The summed E-state index contributed by atoms with van der Waals surface area (Å²) in [5, 5.41) is 23.2. The van der Waals surface area contributed by atoms with Crippen molar-refractivity contribution in [1.29, 1.82) is 0 Å². The molecule has 2 aromatic heterocycles. The lowest BCUT2D eigenvalue weighted by Crippen LogP contribution is -2.24. The van der Waals surface area contributed by atoms with Crippen LogP contribution in [0.3, 0.4) is 0 Å². The highest BCUT2D eigenvalue weighted by molar-refractivity contribution is 8.01. The van der Waals surface area contributed by atoms with Crippen LogP contribution in [0.15, 0.2) is 58.0 Å². The third kappa shape index (κ3) is 6.82. The van der Waals surface area contributed by atoms with E-state index in [0.29, 0.717) is 33.2 Å². The van der Waals surface area contributed by atoms with Crippen molar-refractivity contribution in [2.45, 2.75) is 23.0 Å². The number of hydrogen-bond acceptors (Lipinski definition) is 11. The molecule has 0 fully saturated rings. The molecule has 0 aliphatic rings. The van der Waals surface area contributed by atoms with Gasteiger partial charge in [-0.2, -0.15) is 0 Å². The molecule has 0 radical (unpaired) electrons. The number of ether oxygens (including phenoxy) is 2. The van der Waals surface area contributed by atoms with Gasteiger partial charge in [-0.25, -0.2) is 0 Å². The third-order valence-corrected chi connectivity index (χ3v) is 7.80. The fraction of sp³-hybridized carbons (Fsp3) is 0.250. The topological polar surface area (TPSA) is 133 Å². The molecule has 11 nitrogen and oxygen atoms in total. The van der Waals surface area contributed by atoms with Crippen molar-refractivity contribution in [2.24, 2.45) is 0 Å². The van der Waals surface area contributed by atoms with Crippen LogP contribution in [0.2, 0.25) is 0 Å². The number of aromatic nitrogens is 5. The monoisotopic (exact) mass is 571 g/mol. The molecule has 14 heteroatoms. The van der Waals surface area contributed by atoms with Crippen LogP contribution in [-0.2, 0) is 11.3 Å². The van der Waals surface area contributed by atoms with E-state index in [-0.39, 0.29) is 24.1 Å². The number of anilines is 1. The van der Waals surface area contributed by atoms with Crippen molar-refractivity contribution >= 4 is 51.8 Å². The minimum Gasteiger partial charge on any atom is -0.493 e. The van der Waals surface area contributed by atoms with E-state index in [1.54, 1.807) is 30.0 Å². The van der Waals surface area contributed by atoms with Gasteiger partial charge in [0.15, 0.2) is 26.8 Å². The van der Waals surface area contributed by atoms with Crippen molar-refractivity contribution < 1.29 is 19.1 Å². The van der Waals surface area contributed by atoms with E-state index < -0.39 is 0 Å². The Labute approximate surface area is 231 Å². The smallest absolute Gasteiger partial charge is 0.251 e. The second-order valence-electron chi connectivity index (χ2n) is 7.47. The number of rotatable bonds is 12. The molecule has 0 unspecified atom stereocenters. The zero-order valence-corrected chi connectivity index (χ0v) is 23.3. The van der Waals surface area contributed by atoms with Crippen molar-refractivity contribution in [3.8, 4) is 17.2 Å². The number of methoxy groups -OCH3 is 2. The van der Waals surface area contributed by atoms with Gasteiger partial charge in [-0.15, -0.1) is 20.4 Å². The van der Waals surface area contributed by atoms with E-state index in [2.05, 4.69) is 31.0 Å². The van der Waals surface area contributed by atoms with Crippen LogP contribution < -0.4 is 20.1 Å². The number of nitrogens with zero attached hydrogens (tertiary/aromatic N) is 5. The van der Waals surface area contributed by atoms with Crippen LogP contribution in [0.25, 0.3) is 5.69 Å². The Hall–Kier alpha value is -3.62. The molecule has 0 saturated carbocycles. The number of hydrogen-bond donors (Lipinski definition) is 2. The maximum Gasteiger partial charge on any atom is 0.251 e. The van der Waals surface area contributed by atoms with Gasteiger partial charge in [0.05, 0.1) is 26.5 Å². The van der Waals surface area contributed by atoms with Gasteiger partial charge < -0.3 is 14.8 Å². The molecule has 38 heavy (non-hydrogen) atoms. The lowest BCUT2D eigenvalue weighted by molar-refractivity contribution is -0.113. The molecule has 4 rings (SSSR count). The van der Waals surface area contributed by atoms with Crippen molar-refractivity contribution in [3.63, 3.8) is 0 Å². The van der Waals surface area contributed by atoms with Crippen molar-refractivity contribution in [2.75, 3.05) is 31.0 Å². The molecule has 0 atom stereocenters. The highest BCUT2D eigenvalue weighted by Gasteiger charge is 2.18. The number of para-hydroxylation sites is 1. The maximum absolute atomic E-state index is 12.8. The van der Waals surface area contributed by atoms with E-state index in [1.165, 1.54) is 37.3 Å². The van der Waals surface area contributed by atoms with Gasteiger partial charge in [0.25, 0.3) is 5.91 Å². The van der Waals surface area contributed by atoms with Gasteiger partial charge in [0.2, 0.25) is 11.0 Å². The predicted octanol–water partition coefficient (Wildman–Crippen LogP) is 3.91. The molecule has 0 aliphatic carbocycles. The molecular formula is C24H25N7O4S3. The highest BCUT2D eigenvalue weighted by atomic mass is 32.2. The Morgan fingerprint density at radius 2 is 1.76 bits per heavy atom. The number of nitrogens with one attached hydrogen (secondary N) is 2. The van der Waals surface area contributed by atoms with Gasteiger partial charge in [-0.1, -0.05) is 60.0 Å². The summed E-state index contributed by atoms with van der Waals surface area (Å²) in [6, 6.07) is 14.4. The normalized spacial score (nSPS) is 10.7. The minimum atomic E-state index is -0.306. The van der Waals surface area contributed by atoms with Gasteiger partial charge in [-0.05, 0) is 36.1 Å². The lowest BCUT2D eigenvalue weighted by Gasteiger charge is -2.12. The third-order valence-electron chi connectivity index (χ3n) is 5.02. The number of thioether (sulfide) groups is 2. The zero-order chi connectivity index (χ0) is 26.9. The second kappa shape index (κ2) is 13.3. The average Bonchev–Trinajstić information content (AvgIpc) is 3.57. The van der Waals surface area contributed by atoms with E-state index in [1.807, 2.05) is 41.8 Å². The first-order chi connectivity index (χ1) is 18.5. The first kappa shape index (κ1) is 27.4. The average molecular weight is 572 g/mol. The largest absolute Gasteiger partial charge is 0.493 e. The summed E-state index contributed by atoms with van der Waals surface area (Å²) in [5.74, 6) is 1.94. The van der Waals surface area contributed by atoms with Crippen LogP contribution in [0.1, 0.15) is 23.1 Å². The predicted molar refractivity (Wildman–Crippen MR) is 148 cm³/mol. The summed E-state index contributed by atoms with van der Waals surface area (Å²) in [4.78, 5) is 25.4. The summed E-state index contributed by atoms with van der Waals surface area (Å²) in [6.45, 7) is 2.14. The standard InChI is InChI=1S/C24H25N7O4S3/c1-4-36-24-30-28-22(38-24)26-20(32)14-37-23-29-27-19(31(23)16-8-6-5-7-9-16)13-25-21(33)15-10-11-17(34-2)18(12-15)35-3/h5-12H,4,13-14H2,1-3H3,(H,25,33)(H,26,28,32). The number of carbonyl (C=O) groups excluding carboxylic acids is 2. The van der Waals surface area contributed by atoms with Crippen LogP contribution in [-0.4, -0.2) is 62.5 Å². The first-order valence-electron chi connectivity index (χ1n) is 11.4. The van der Waals surface area contributed by atoms with Gasteiger partial charge >= 0.3 is 0 Å². The fourth-order valence-corrected chi connectivity index (χ4v) is 5.75. The Morgan fingerprint density at radius 3 is 2.50 bits per heavy atom. The molecule has 4 aromatic rings. The van der Waals surface area contributed by atoms with E-state index >= 15 is 0 Å². The molecule has 2 amide bonds. The van der Waals surface area contributed by atoms with Crippen LogP contribution >= 0.6 is 34.9 Å². The summed E-state index contributed by atoms with van der Waals surface area (Å²) >= 11 is 4.14. The van der Waals surface area contributed by atoms with Gasteiger partial charge in [0, 0.05) is 11.3 Å². The summed E-state index contributed by atoms with van der Waals surface area (Å²) < 4.78 is 13.1. The number of carbonyl (C=O) groups is 2. The molecule has 2 heterocycles. The van der Waals surface area contributed by atoms with E-state index in [0.717, 1.165) is 15.8 Å². The molecular weight excluding hydrogens is 547 g/mol. The van der Waals surface area contributed by atoms with Crippen LogP contribution in [0.5, 0.6) is 11.5 Å². The van der Waals surface area contributed by atoms with E-state index in [4.69, 9.17) is 9.47 Å². The molecule has 0 saturated heterocycles. The van der Waals surface area contributed by atoms with Gasteiger partial charge in [0.1, 0.15) is 0 Å². The summed E-state index contributed by atoms with van der Waals surface area (Å²) in [7, 11) is 3.05. The van der Waals surface area contributed by atoms with Crippen molar-refractivity contribution in [1.82, 2.24) is 30.3 Å². The summed E-state index contributed by atoms with van der Waals surface area (Å²) in [5.41, 5.74) is 1.22. The SMILES string of the molecule is CCSc1nnc(NC(=O)CSc2nnc(CNC(=O)c3ccc(OC)c(OC)c3)n2-c2ccccc2)s1. The second-order valence-corrected chi connectivity index (χ2v) is 10.9. The fourth-order valence-electron chi connectivity index (χ4n) is 3.31. The van der Waals surface area contributed by atoms with Crippen LogP contribution in [0.4, 0.5) is 5.13 Å². The molecule has 0 bridgehead atoms. The van der Waals surface area contributed by atoms with Gasteiger partial charge in [-0.3, -0.25) is 19.5 Å². The molecule has 2 aromatic carbocycles. The van der Waals surface area contributed by atoms with E-state index in [9.17, 15) is 9.59 Å². The number of benzene rings is 2. The molecule has 0 spiro atoms.